The molecule has 0 saturated heterocycles. The van der Waals surface area contributed by atoms with Crippen LogP contribution in [0.1, 0.15) is 19.8 Å². The highest BCUT2D eigenvalue weighted by Crippen LogP contribution is 1.89. The largest absolute Gasteiger partial charge is 0.394 e. The number of hydrogen-bond donors (Lipinski definition) is 1. The molecule has 0 aliphatic carbocycles. The van der Waals surface area contributed by atoms with E-state index in [0.29, 0.717) is 152 Å². The molecule has 0 aromatic heterocycles. The van der Waals surface area contributed by atoms with Gasteiger partial charge in [0.2, 0.25) is 0 Å². The van der Waals surface area contributed by atoms with Crippen molar-refractivity contribution in [3.8, 4) is 0 Å². The second-order valence-electron chi connectivity index (χ2n) is 8.43. The summed E-state index contributed by atoms with van der Waals surface area (Å²) >= 11 is 0. The fourth-order valence-electron chi connectivity index (χ4n) is 2.83. The summed E-state index contributed by atoms with van der Waals surface area (Å²) in [5, 5.41) is 8.57. The van der Waals surface area contributed by atoms with Gasteiger partial charge in [-0.1, -0.05) is 13.3 Å². The molecule has 0 spiro atoms. The topological polar surface area (TPSA) is 131 Å². The zero-order valence-corrected chi connectivity index (χ0v) is 25.4. The average molecular weight is 603 g/mol. The van der Waals surface area contributed by atoms with Crippen LogP contribution in [0, 0.1) is 0 Å². The zero-order valence-electron chi connectivity index (χ0n) is 25.4. The first-order valence-corrected chi connectivity index (χ1v) is 15.0. The summed E-state index contributed by atoms with van der Waals surface area (Å²) in [4.78, 5) is 0. The Hall–Kier alpha value is -0.520. The van der Waals surface area contributed by atoms with Crippen LogP contribution in [0.4, 0.5) is 0 Å². The van der Waals surface area contributed by atoms with E-state index in [1.807, 2.05) is 0 Å². The van der Waals surface area contributed by atoms with Crippen LogP contribution in [0.25, 0.3) is 0 Å². The van der Waals surface area contributed by atoms with Gasteiger partial charge in [0, 0.05) is 6.61 Å². The molecule has 0 unspecified atom stereocenters. The van der Waals surface area contributed by atoms with Crippen LogP contribution in [0.5, 0.6) is 0 Å². The van der Waals surface area contributed by atoms with Gasteiger partial charge in [0.05, 0.1) is 159 Å². The second-order valence-corrected chi connectivity index (χ2v) is 8.43. The summed E-state index contributed by atoms with van der Waals surface area (Å²) < 4.78 is 64.8. The highest BCUT2D eigenvalue weighted by molar-refractivity contribution is 4.39. The lowest BCUT2D eigenvalue weighted by Gasteiger charge is -2.09. The van der Waals surface area contributed by atoms with E-state index in [2.05, 4.69) is 6.92 Å². The SMILES string of the molecule is CCCCOCCOCCOCCOCCOCCOCCOCCOCCOCCOCCOCCOCCO. The minimum absolute atomic E-state index is 0.0269. The molecule has 0 amide bonds. The Bertz CT molecular complexity index is 411. The molecule has 41 heavy (non-hydrogen) atoms. The molecule has 0 bridgehead atoms. The third-order valence-electron chi connectivity index (χ3n) is 4.97. The molecule has 13 heteroatoms. The number of aliphatic hydroxyl groups excluding tert-OH is 1. The molecular weight excluding hydrogens is 544 g/mol. The summed E-state index contributed by atoms with van der Waals surface area (Å²) in [6.45, 7) is 14.9. The van der Waals surface area contributed by atoms with Gasteiger partial charge in [-0.3, -0.25) is 0 Å². The third-order valence-corrected chi connectivity index (χ3v) is 4.97. The molecule has 0 aromatic carbocycles. The summed E-state index contributed by atoms with van der Waals surface area (Å²) in [6, 6.07) is 0. The number of hydrogen-bond acceptors (Lipinski definition) is 13. The molecule has 0 rings (SSSR count). The van der Waals surface area contributed by atoms with Gasteiger partial charge in [-0.15, -0.1) is 0 Å². The lowest BCUT2D eigenvalue weighted by atomic mass is 10.4. The van der Waals surface area contributed by atoms with E-state index in [-0.39, 0.29) is 6.61 Å². The van der Waals surface area contributed by atoms with E-state index in [9.17, 15) is 0 Å². The van der Waals surface area contributed by atoms with Crippen LogP contribution in [-0.2, 0) is 56.8 Å². The maximum atomic E-state index is 8.57. The van der Waals surface area contributed by atoms with E-state index < -0.39 is 0 Å². The van der Waals surface area contributed by atoms with E-state index in [1.54, 1.807) is 0 Å². The first-order valence-electron chi connectivity index (χ1n) is 15.0. The Labute approximate surface area is 247 Å². The first kappa shape index (κ1) is 40.5. The number of rotatable bonds is 38. The number of ether oxygens (including phenoxy) is 12. The van der Waals surface area contributed by atoms with Gasteiger partial charge >= 0.3 is 0 Å². The van der Waals surface area contributed by atoms with Crippen LogP contribution in [0.3, 0.4) is 0 Å². The highest BCUT2D eigenvalue weighted by atomic mass is 16.6. The van der Waals surface area contributed by atoms with Gasteiger partial charge in [-0.25, -0.2) is 0 Å². The van der Waals surface area contributed by atoms with Crippen LogP contribution in [-0.4, -0.2) is 170 Å². The van der Waals surface area contributed by atoms with E-state index in [4.69, 9.17) is 61.9 Å². The average Bonchev–Trinajstić information content (AvgIpc) is 2.98. The summed E-state index contributed by atoms with van der Waals surface area (Å²) in [5.74, 6) is 0. The van der Waals surface area contributed by atoms with Gasteiger partial charge in [-0.05, 0) is 6.42 Å². The molecule has 0 heterocycles. The maximum absolute atomic E-state index is 8.57. The fraction of sp³-hybridized carbons (Fsp3) is 1.00. The number of aliphatic hydroxyl groups is 1. The third kappa shape index (κ3) is 39.5. The Morgan fingerprint density at radius 3 is 0.610 bits per heavy atom. The molecule has 0 atom stereocenters. The van der Waals surface area contributed by atoms with Crippen molar-refractivity contribution in [2.75, 3.05) is 165 Å². The van der Waals surface area contributed by atoms with Gasteiger partial charge in [0.25, 0.3) is 0 Å². The van der Waals surface area contributed by atoms with Crippen LogP contribution >= 0.6 is 0 Å². The molecule has 248 valence electrons. The minimum Gasteiger partial charge on any atom is -0.394 e. The van der Waals surface area contributed by atoms with Gasteiger partial charge in [0.1, 0.15) is 0 Å². The van der Waals surface area contributed by atoms with E-state index >= 15 is 0 Å². The van der Waals surface area contributed by atoms with Crippen molar-refractivity contribution < 1.29 is 61.9 Å². The van der Waals surface area contributed by atoms with E-state index in [0.717, 1.165) is 19.4 Å². The molecule has 0 radical (unpaired) electrons. The predicted octanol–water partition coefficient (Wildman–Crippen LogP) is 0.978. The second kappa shape index (κ2) is 39.5. The quantitative estimate of drug-likeness (QED) is 0.101. The smallest absolute Gasteiger partial charge is 0.0701 e. The van der Waals surface area contributed by atoms with Crippen molar-refractivity contribution in [2.45, 2.75) is 19.8 Å². The Morgan fingerprint density at radius 2 is 0.439 bits per heavy atom. The number of unbranched alkanes of at least 4 members (excludes halogenated alkanes) is 1. The van der Waals surface area contributed by atoms with Crippen LogP contribution in [0.2, 0.25) is 0 Å². The molecular formula is C28H58O13. The van der Waals surface area contributed by atoms with Crippen molar-refractivity contribution in [1.82, 2.24) is 0 Å². The van der Waals surface area contributed by atoms with Crippen molar-refractivity contribution in [3.05, 3.63) is 0 Å². The Kier molecular flexibility index (Phi) is 39.0. The van der Waals surface area contributed by atoms with Crippen LogP contribution < -0.4 is 0 Å². The summed E-state index contributed by atoms with van der Waals surface area (Å²) in [6.07, 6.45) is 2.24. The lowest BCUT2D eigenvalue weighted by Crippen LogP contribution is -2.15. The molecule has 0 aromatic rings. The molecule has 13 nitrogen and oxygen atoms in total. The monoisotopic (exact) mass is 602 g/mol. The van der Waals surface area contributed by atoms with Crippen molar-refractivity contribution in [3.63, 3.8) is 0 Å². The zero-order chi connectivity index (χ0) is 29.6. The molecule has 0 saturated carbocycles. The molecule has 1 N–H and O–H groups in total. The lowest BCUT2D eigenvalue weighted by molar-refractivity contribution is -0.0286. The van der Waals surface area contributed by atoms with Crippen molar-refractivity contribution in [1.29, 1.82) is 0 Å². The normalized spacial score (nSPS) is 11.6. The fourth-order valence-corrected chi connectivity index (χ4v) is 2.83. The summed E-state index contributed by atoms with van der Waals surface area (Å²) in [5.41, 5.74) is 0. The summed E-state index contributed by atoms with van der Waals surface area (Å²) in [7, 11) is 0. The molecule has 0 aliphatic rings. The molecule has 0 fully saturated rings. The first-order chi connectivity index (χ1) is 20.4. The Morgan fingerprint density at radius 1 is 0.268 bits per heavy atom. The molecule has 0 aliphatic heterocycles. The minimum atomic E-state index is 0.0269. The van der Waals surface area contributed by atoms with Gasteiger partial charge in [-0.2, -0.15) is 0 Å². The standard InChI is InChI=1S/C28H58O13/c1-2-3-5-30-7-9-32-11-13-34-15-17-36-19-21-38-23-25-40-27-28-41-26-24-39-22-20-37-18-16-35-14-12-33-10-8-31-6-4-29/h29H,2-28H2,1H3. The van der Waals surface area contributed by atoms with Gasteiger partial charge < -0.3 is 61.9 Å². The predicted molar refractivity (Wildman–Crippen MR) is 152 cm³/mol. The van der Waals surface area contributed by atoms with Crippen molar-refractivity contribution >= 4 is 0 Å². The van der Waals surface area contributed by atoms with Crippen LogP contribution in [0.15, 0.2) is 0 Å². The maximum Gasteiger partial charge on any atom is 0.0701 e. The van der Waals surface area contributed by atoms with E-state index in [1.165, 1.54) is 0 Å². The highest BCUT2D eigenvalue weighted by Gasteiger charge is 1.96. The van der Waals surface area contributed by atoms with Crippen molar-refractivity contribution in [2.24, 2.45) is 0 Å². The van der Waals surface area contributed by atoms with Gasteiger partial charge in [0.15, 0.2) is 0 Å². The Balaban J connectivity index is 3.02.